The Bertz CT molecular complexity index is 1190. The molecule has 2 N–H and O–H groups in total. The van der Waals surface area contributed by atoms with Crippen LogP contribution in [0.2, 0.25) is 0 Å². The molecule has 4 aromatic rings. The number of benzene rings is 1. The molecule has 0 saturated heterocycles. The van der Waals surface area contributed by atoms with Crippen LogP contribution in [0.5, 0.6) is 0 Å². The third-order valence-electron chi connectivity index (χ3n) is 4.31. The average Bonchev–Trinajstić information content (AvgIpc) is 3.20. The Labute approximate surface area is 148 Å². The third kappa shape index (κ3) is 2.60. The summed E-state index contributed by atoms with van der Waals surface area (Å²) in [6.07, 6.45) is -0.00582. The summed E-state index contributed by atoms with van der Waals surface area (Å²) in [6, 6.07) is 3.24. The number of rotatable bonds is 3. The molecule has 0 bridgehead atoms. The van der Waals surface area contributed by atoms with Crippen molar-refractivity contribution in [2.45, 2.75) is 13.1 Å². The number of nitrogens with zero attached hydrogens (tertiary/aromatic N) is 3. The Morgan fingerprint density at radius 1 is 1.26 bits per heavy atom. The quantitative estimate of drug-likeness (QED) is 0.420. The van der Waals surface area contributed by atoms with Crippen molar-refractivity contribution in [3.63, 3.8) is 0 Å². The van der Waals surface area contributed by atoms with Crippen LogP contribution in [0.3, 0.4) is 0 Å². The maximum atomic E-state index is 14.6. The van der Waals surface area contributed by atoms with Gasteiger partial charge in [-0.05, 0) is 35.7 Å². The molecular weight excluding hydrogens is 366 g/mol. The number of halogens is 4. The molecule has 0 fully saturated rings. The molecule has 10 heteroatoms. The van der Waals surface area contributed by atoms with Crippen molar-refractivity contribution < 1.29 is 22.4 Å². The van der Waals surface area contributed by atoms with Crippen molar-refractivity contribution in [3.8, 4) is 11.1 Å². The summed E-state index contributed by atoms with van der Waals surface area (Å²) in [4.78, 5) is 14.7. The molecule has 1 amide bonds. The maximum absolute atomic E-state index is 14.6. The average molecular weight is 377 g/mol. The number of imidazole rings is 1. The van der Waals surface area contributed by atoms with Crippen LogP contribution in [0, 0.1) is 12.7 Å². The normalized spacial score (nSPS) is 12.0. The highest BCUT2D eigenvalue weighted by Crippen LogP contribution is 2.42. The second-order valence-electron chi connectivity index (χ2n) is 5.92. The highest BCUT2D eigenvalue weighted by Gasteiger charge is 2.39. The number of pyridine rings is 1. The smallest absolute Gasteiger partial charge is 0.312 e. The highest BCUT2D eigenvalue weighted by atomic mass is 19.4. The molecule has 0 unspecified atom stereocenters. The summed E-state index contributed by atoms with van der Waals surface area (Å²) < 4.78 is 56.2. The Kier molecular flexibility index (Phi) is 3.65. The highest BCUT2D eigenvalue weighted by molar-refractivity contribution is 5.98. The van der Waals surface area contributed by atoms with Crippen LogP contribution < -0.4 is 5.32 Å². The second-order valence-corrected chi connectivity index (χ2v) is 5.92. The molecule has 1 aromatic carbocycles. The SMILES string of the molecule is Cc1c(F)c(C(F)(F)F)c2[nH]ncc2c1-c1ccc2nc(NC=O)cn2c1. The standard InChI is InChI=1S/C17H11F4N5O/c1-8-13(9-2-3-12-24-11(22-7-27)6-26(12)5-9)10-4-23-25-16(10)14(15(8)18)17(19,20)21/h2-7H,1H3,(H,22,27)(H,23,25). The summed E-state index contributed by atoms with van der Waals surface area (Å²) >= 11 is 0. The molecule has 0 radical (unpaired) electrons. The first kappa shape index (κ1) is 17.0. The topological polar surface area (TPSA) is 75.1 Å². The summed E-state index contributed by atoms with van der Waals surface area (Å²) in [5.74, 6) is -1.03. The van der Waals surface area contributed by atoms with Gasteiger partial charge in [-0.25, -0.2) is 9.37 Å². The largest absolute Gasteiger partial charge is 0.421 e. The van der Waals surface area contributed by atoms with Crippen molar-refractivity contribution in [2.24, 2.45) is 0 Å². The van der Waals surface area contributed by atoms with Gasteiger partial charge < -0.3 is 9.72 Å². The zero-order valence-corrected chi connectivity index (χ0v) is 13.7. The van der Waals surface area contributed by atoms with Crippen LogP contribution in [-0.2, 0) is 11.0 Å². The molecule has 27 heavy (non-hydrogen) atoms. The minimum atomic E-state index is -4.86. The van der Waals surface area contributed by atoms with E-state index in [1.807, 2.05) is 0 Å². The Balaban J connectivity index is 1.99. The number of aromatic amines is 1. The van der Waals surface area contributed by atoms with Gasteiger partial charge in [0.25, 0.3) is 0 Å². The number of hydrogen-bond acceptors (Lipinski definition) is 3. The molecule has 0 aliphatic carbocycles. The number of hydrogen-bond donors (Lipinski definition) is 2. The van der Waals surface area contributed by atoms with Gasteiger partial charge in [0.05, 0.1) is 17.9 Å². The number of amides is 1. The van der Waals surface area contributed by atoms with E-state index in [2.05, 4.69) is 20.5 Å². The van der Waals surface area contributed by atoms with E-state index in [1.165, 1.54) is 19.3 Å². The molecule has 0 aliphatic rings. The first-order valence-electron chi connectivity index (χ1n) is 7.73. The number of carbonyl (C=O) groups is 1. The van der Waals surface area contributed by atoms with Gasteiger partial charge in [-0.15, -0.1) is 0 Å². The van der Waals surface area contributed by atoms with E-state index in [0.717, 1.165) is 0 Å². The summed E-state index contributed by atoms with van der Waals surface area (Å²) in [5.41, 5.74) is -0.621. The van der Waals surface area contributed by atoms with E-state index in [0.29, 0.717) is 29.0 Å². The van der Waals surface area contributed by atoms with Gasteiger partial charge in [0.2, 0.25) is 6.41 Å². The van der Waals surface area contributed by atoms with E-state index in [-0.39, 0.29) is 10.9 Å². The van der Waals surface area contributed by atoms with Crippen LogP contribution in [0.1, 0.15) is 11.1 Å². The van der Waals surface area contributed by atoms with E-state index in [4.69, 9.17) is 0 Å². The molecule has 6 nitrogen and oxygen atoms in total. The number of aromatic nitrogens is 4. The lowest BCUT2D eigenvalue weighted by Gasteiger charge is -2.15. The van der Waals surface area contributed by atoms with Gasteiger partial charge in [-0.3, -0.25) is 9.89 Å². The van der Waals surface area contributed by atoms with Crippen molar-refractivity contribution in [1.29, 1.82) is 0 Å². The summed E-state index contributed by atoms with van der Waals surface area (Å²) in [5, 5.41) is 8.50. The fourth-order valence-corrected chi connectivity index (χ4v) is 3.18. The Morgan fingerprint density at radius 2 is 2.04 bits per heavy atom. The summed E-state index contributed by atoms with van der Waals surface area (Å²) in [7, 11) is 0. The van der Waals surface area contributed by atoms with Crippen molar-refractivity contribution in [3.05, 3.63) is 47.7 Å². The van der Waals surface area contributed by atoms with Gasteiger partial charge in [0.15, 0.2) is 5.82 Å². The van der Waals surface area contributed by atoms with Crippen LogP contribution in [0.25, 0.3) is 27.7 Å². The number of H-pyrrole nitrogens is 1. The second kappa shape index (κ2) is 5.79. The molecule has 0 saturated carbocycles. The predicted octanol–water partition coefficient (Wildman–Crippen LogP) is 3.91. The number of carbonyl (C=O) groups excluding carboxylic acids is 1. The lowest BCUT2D eigenvalue weighted by atomic mass is 9.94. The predicted molar refractivity (Wildman–Crippen MR) is 89.7 cm³/mol. The monoisotopic (exact) mass is 377 g/mol. The molecule has 4 rings (SSSR count). The van der Waals surface area contributed by atoms with Crippen molar-refractivity contribution in [2.75, 3.05) is 5.32 Å². The minimum Gasteiger partial charge on any atom is -0.312 e. The van der Waals surface area contributed by atoms with E-state index in [9.17, 15) is 22.4 Å². The zero-order chi connectivity index (χ0) is 19.3. The number of alkyl halides is 3. The fourth-order valence-electron chi connectivity index (χ4n) is 3.18. The third-order valence-corrected chi connectivity index (χ3v) is 4.31. The Morgan fingerprint density at radius 3 is 2.74 bits per heavy atom. The lowest BCUT2D eigenvalue weighted by molar-refractivity contribution is -0.138. The van der Waals surface area contributed by atoms with Gasteiger partial charge in [0, 0.05) is 11.6 Å². The van der Waals surface area contributed by atoms with Gasteiger partial charge >= 0.3 is 6.18 Å². The number of anilines is 1. The number of nitrogens with one attached hydrogen (secondary N) is 2. The first-order valence-corrected chi connectivity index (χ1v) is 7.73. The van der Waals surface area contributed by atoms with Gasteiger partial charge in [0.1, 0.15) is 17.0 Å². The van der Waals surface area contributed by atoms with Crippen LogP contribution in [0.15, 0.2) is 30.7 Å². The molecule has 0 aliphatic heterocycles. The first-order chi connectivity index (χ1) is 12.8. The van der Waals surface area contributed by atoms with Gasteiger partial charge in [-0.1, -0.05) is 0 Å². The van der Waals surface area contributed by atoms with Crippen molar-refractivity contribution >= 4 is 28.8 Å². The Hall–Kier alpha value is -3.43. The molecule has 0 spiro atoms. The fraction of sp³-hybridized carbons (Fsp3) is 0.118. The van der Waals surface area contributed by atoms with E-state index in [1.54, 1.807) is 22.7 Å². The zero-order valence-electron chi connectivity index (χ0n) is 13.7. The van der Waals surface area contributed by atoms with Crippen molar-refractivity contribution in [1.82, 2.24) is 19.6 Å². The lowest BCUT2D eigenvalue weighted by Crippen LogP contribution is -2.11. The summed E-state index contributed by atoms with van der Waals surface area (Å²) in [6.45, 7) is 1.30. The van der Waals surface area contributed by atoms with E-state index < -0.39 is 23.1 Å². The minimum absolute atomic E-state index is 0.137. The van der Waals surface area contributed by atoms with Crippen LogP contribution >= 0.6 is 0 Å². The van der Waals surface area contributed by atoms with Gasteiger partial charge in [-0.2, -0.15) is 18.3 Å². The molecule has 3 heterocycles. The van der Waals surface area contributed by atoms with Crippen LogP contribution in [0.4, 0.5) is 23.4 Å². The molecular formula is C17H11F4N5O. The molecule has 0 atom stereocenters. The number of fused-ring (bicyclic) bond motifs is 2. The van der Waals surface area contributed by atoms with Crippen LogP contribution in [-0.4, -0.2) is 26.0 Å². The molecule has 138 valence electrons. The van der Waals surface area contributed by atoms with E-state index >= 15 is 0 Å². The maximum Gasteiger partial charge on any atom is 0.421 e. The molecule has 3 aromatic heterocycles.